The van der Waals surface area contributed by atoms with Gasteiger partial charge in [0.05, 0.1) is 11.3 Å². The van der Waals surface area contributed by atoms with Crippen LogP contribution in [0.4, 0.5) is 8.78 Å². The number of halogens is 2. The van der Waals surface area contributed by atoms with Gasteiger partial charge in [-0.2, -0.15) is 17.2 Å². The van der Waals surface area contributed by atoms with E-state index in [4.69, 9.17) is 23.5 Å². The van der Waals surface area contributed by atoms with Crippen LogP contribution in [0.2, 0.25) is 0 Å². The quantitative estimate of drug-likeness (QED) is 0.284. The molecule has 14 heteroatoms. The maximum atomic E-state index is 13.7. The van der Waals surface area contributed by atoms with E-state index in [9.17, 15) is 36.4 Å². The Hall–Kier alpha value is -2.35. The molecule has 6 rings (SSSR count). The van der Waals surface area contributed by atoms with Crippen molar-refractivity contribution >= 4 is 34.0 Å². The van der Waals surface area contributed by atoms with Crippen LogP contribution < -0.4 is 0 Å². The van der Waals surface area contributed by atoms with Crippen LogP contribution in [0, 0.1) is 29.1 Å². The van der Waals surface area contributed by atoms with Gasteiger partial charge in [0.15, 0.2) is 6.61 Å². The van der Waals surface area contributed by atoms with Gasteiger partial charge in [0, 0.05) is 6.42 Å². The largest absolute Gasteiger partial charge is 0.465 e. The van der Waals surface area contributed by atoms with E-state index in [1.54, 1.807) is 0 Å². The Morgan fingerprint density at radius 2 is 1.72 bits per heavy atom. The zero-order valence-electron chi connectivity index (χ0n) is 19.1. The Kier molecular flexibility index (Phi) is 6.05. The van der Waals surface area contributed by atoms with E-state index >= 15 is 0 Å². The second-order valence-corrected chi connectivity index (χ2v) is 12.2. The van der Waals surface area contributed by atoms with Crippen molar-refractivity contribution in [2.75, 3.05) is 6.61 Å². The van der Waals surface area contributed by atoms with Gasteiger partial charge in [-0.3, -0.25) is 14.1 Å². The first kappa shape index (κ1) is 25.3. The SMILES string of the molecule is O=C(COC(=O)C12CC3CC(C1)C(OC(=O)C(F)(F)S(=O)(=O)O)C(C3)C2)OC1CCC2CC1OC2=O. The van der Waals surface area contributed by atoms with Gasteiger partial charge in [-0.15, -0.1) is 0 Å². The third-order valence-corrected chi connectivity index (χ3v) is 9.17. The molecule has 1 saturated heterocycles. The summed E-state index contributed by atoms with van der Waals surface area (Å²) in [4.78, 5) is 48.8. The van der Waals surface area contributed by atoms with Gasteiger partial charge < -0.3 is 18.9 Å². The van der Waals surface area contributed by atoms with Crippen molar-refractivity contribution in [2.24, 2.45) is 29.1 Å². The number of fused-ring (bicyclic) bond motifs is 2. The Morgan fingerprint density at radius 3 is 2.36 bits per heavy atom. The summed E-state index contributed by atoms with van der Waals surface area (Å²) in [5, 5.41) is -5.09. The third-order valence-electron chi connectivity index (χ3n) is 8.36. The van der Waals surface area contributed by atoms with Gasteiger partial charge in [-0.05, 0) is 62.7 Å². The summed E-state index contributed by atoms with van der Waals surface area (Å²) in [5.41, 5.74) is -0.968. The molecule has 5 unspecified atom stereocenters. The number of carbonyl (C=O) groups is 4. The van der Waals surface area contributed by atoms with Crippen molar-refractivity contribution in [3.8, 4) is 0 Å². The van der Waals surface area contributed by atoms with Gasteiger partial charge in [-0.25, -0.2) is 9.59 Å². The standard InChI is InChI=1S/C22H26F2O11S/c23-22(24,36(29,30)31)20(28)35-17-12-3-10-4-13(17)8-21(6-10,7-12)19(27)32-9-16(25)33-14-2-1-11-5-15(14)34-18(11)26/h10-15,17H,1-9H2,(H,29,30,31). The molecule has 0 spiro atoms. The van der Waals surface area contributed by atoms with Gasteiger partial charge >= 0.3 is 39.2 Å². The summed E-state index contributed by atoms with van der Waals surface area (Å²) in [5.74, 6) is -5.07. The van der Waals surface area contributed by atoms with Crippen LogP contribution in [0.15, 0.2) is 0 Å². The highest BCUT2D eigenvalue weighted by Crippen LogP contribution is 2.61. The van der Waals surface area contributed by atoms with Crippen LogP contribution >= 0.6 is 0 Å². The first-order valence-corrected chi connectivity index (χ1v) is 13.4. The van der Waals surface area contributed by atoms with Gasteiger partial charge in [0.2, 0.25) is 0 Å². The summed E-state index contributed by atoms with van der Waals surface area (Å²) in [6, 6.07) is 0. The molecule has 11 nitrogen and oxygen atoms in total. The highest BCUT2D eigenvalue weighted by Gasteiger charge is 2.62. The third kappa shape index (κ3) is 4.25. The second-order valence-electron chi connectivity index (χ2n) is 10.7. The number of ether oxygens (including phenoxy) is 4. The first-order valence-electron chi connectivity index (χ1n) is 11.9. The predicted octanol–water partition coefficient (Wildman–Crippen LogP) is 1.39. The summed E-state index contributed by atoms with van der Waals surface area (Å²) >= 11 is 0. The van der Waals surface area contributed by atoms with Crippen LogP contribution in [0.25, 0.3) is 0 Å². The van der Waals surface area contributed by atoms with Crippen LogP contribution in [0.1, 0.15) is 51.4 Å². The minimum Gasteiger partial charge on any atom is -0.458 e. The number of esters is 4. The molecule has 0 aromatic heterocycles. The van der Waals surface area contributed by atoms with Crippen LogP contribution in [0.5, 0.6) is 0 Å². The van der Waals surface area contributed by atoms with E-state index in [0.29, 0.717) is 38.5 Å². The molecule has 6 fully saturated rings. The minimum absolute atomic E-state index is 0.0614. The summed E-state index contributed by atoms with van der Waals surface area (Å²) in [6.45, 7) is -0.625. The predicted molar refractivity (Wildman–Crippen MR) is 110 cm³/mol. The van der Waals surface area contributed by atoms with Crippen molar-refractivity contribution < 1.29 is 59.9 Å². The van der Waals surface area contributed by atoms with Crippen molar-refractivity contribution in [1.29, 1.82) is 0 Å². The fourth-order valence-electron chi connectivity index (χ4n) is 7.02. The van der Waals surface area contributed by atoms with E-state index < -0.39 is 75.5 Å². The Labute approximate surface area is 204 Å². The Bertz CT molecular complexity index is 1070. The fourth-order valence-corrected chi connectivity index (χ4v) is 7.28. The molecule has 6 bridgehead atoms. The lowest BCUT2D eigenvalue weighted by molar-refractivity contribution is -0.204. The van der Waals surface area contributed by atoms with E-state index in [2.05, 4.69) is 0 Å². The molecule has 5 aliphatic carbocycles. The summed E-state index contributed by atoms with van der Waals surface area (Å²) in [6.07, 6.45) is 1.27. The Balaban J connectivity index is 1.17. The molecule has 1 aliphatic heterocycles. The van der Waals surface area contributed by atoms with E-state index in [0.717, 1.165) is 0 Å². The monoisotopic (exact) mass is 536 g/mol. The normalized spacial score (nSPS) is 38.9. The van der Waals surface area contributed by atoms with Crippen molar-refractivity contribution in [1.82, 2.24) is 0 Å². The molecule has 0 radical (unpaired) electrons. The smallest absolute Gasteiger partial charge is 0.458 e. The molecular formula is C22H26F2O11S. The zero-order chi connectivity index (χ0) is 26.0. The molecule has 1 heterocycles. The molecule has 0 aromatic rings. The Morgan fingerprint density at radius 1 is 1.06 bits per heavy atom. The molecule has 5 saturated carbocycles. The maximum absolute atomic E-state index is 13.7. The highest BCUT2D eigenvalue weighted by atomic mass is 32.2. The topological polar surface area (TPSA) is 160 Å². The van der Waals surface area contributed by atoms with Crippen molar-refractivity contribution in [3.63, 3.8) is 0 Å². The van der Waals surface area contributed by atoms with Gasteiger partial charge in [0.1, 0.15) is 18.3 Å². The van der Waals surface area contributed by atoms with E-state index in [1.807, 2.05) is 0 Å². The molecule has 36 heavy (non-hydrogen) atoms. The number of carbonyl (C=O) groups excluding carboxylic acids is 4. The minimum atomic E-state index is -5.99. The maximum Gasteiger partial charge on any atom is 0.465 e. The molecule has 0 aromatic carbocycles. The first-order chi connectivity index (χ1) is 16.8. The molecule has 0 amide bonds. The number of rotatable bonds is 7. The van der Waals surface area contributed by atoms with Crippen LogP contribution in [-0.2, 0) is 48.2 Å². The number of alkyl halides is 2. The highest BCUT2D eigenvalue weighted by molar-refractivity contribution is 7.87. The van der Waals surface area contributed by atoms with Crippen molar-refractivity contribution in [2.45, 2.75) is 74.9 Å². The van der Waals surface area contributed by atoms with Crippen molar-refractivity contribution in [3.05, 3.63) is 0 Å². The van der Waals surface area contributed by atoms with E-state index in [-0.39, 0.29) is 30.6 Å². The van der Waals surface area contributed by atoms with E-state index in [1.165, 1.54) is 0 Å². The molecule has 200 valence electrons. The fraction of sp³-hybridized carbons (Fsp3) is 0.818. The lowest BCUT2D eigenvalue weighted by Crippen LogP contribution is -2.58. The van der Waals surface area contributed by atoms with Crippen LogP contribution in [-0.4, -0.2) is 67.0 Å². The molecule has 1 N–H and O–H groups in total. The number of hydrogen-bond acceptors (Lipinski definition) is 10. The average molecular weight is 537 g/mol. The molecule has 5 atom stereocenters. The lowest BCUT2D eigenvalue weighted by Gasteiger charge is -2.57. The van der Waals surface area contributed by atoms with Gasteiger partial charge in [-0.1, -0.05) is 0 Å². The average Bonchev–Trinajstić information content (AvgIpc) is 3.09. The zero-order valence-corrected chi connectivity index (χ0v) is 19.9. The summed E-state index contributed by atoms with van der Waals surface area (Å²) in [7, 11) is -5.99. The second kappa shape index (κ2) is 8.61. The molecule has 6 aliphatic rings. The molecular weight excluding hydrogens is 510 g/mol. The van der Waals surface area contributed by atoms with Crippen LogP contribution in [0.3, 0.4) is 0 Å². The summed E-state index contributed by atoms with van der Waals surface area (Å²) < 4.78 is 78.5. The number of hydrogen-bond donors (Lipinski definition) is 1. The van der Waals surface area contributed by atoms with Gasteiger partial charge in [0.25, 0.3) is 0 Å². The lowest BCUT2D eigenvalue weighted by atomic mass is 9.48.